The van der Waals surface area contributed by atoms with Crippen LogP contribution in [0.4, 0.5) is 11.9 Å². The molecule has 0 atom stereocenters. The molecule has 0 unspecified atom stereocenters. The van der Waals surface area contributed by atoms with E-state index in [-0.39, 0.29) is 29.4 Å². The smallest absolute Gasteiger partial charge is 0.294 e. The number of rotatable bonds is 5. The molecule has 9 nitrogen and oxygen atoms in total. The van der Waals surface area contributed by atoms with Gasteiger partial charge in [-0.05, 0) is 36.8 Å². The fraction of sp³-hybridized carbons (Fsp3) is 0.118. The molecular weight excluding hydrogens is 370 g/mol. The number of aryl methyl sites for hydroxylation is 1. The van der Waals surface area contributed by atoms with E-state index in [4.69, 9.17) is 26.3 Å². The Balaban J connectivity index is 1.56. The third kappa shape index (κ3) is 3.87. The molecule has 4 aromatic rings. The summed E-state index contributed by atoms with van der Waals surface area (Å²) in [5.74, 6) is 2.12. The number of nitrogens with two attached hydrogens (primary N) is 1. The van der Waals surface area contributed by atoms with Gasteiger partial charge in [0, 0.05) is 11.6 Å². The molecule has 0 saturated carbocycles. The number of aromatic nitrogens is 5. The van der Waals surface area contributed by atoms with Crippen LogP contribution in [0.25, 0.3) is 23.3 Å². The normalized spacial score (nSPS) is 10.9. The largest absolute Gasteiger partial charge is 0.456 e. The van der Waals surface area contributed by atoms with Crippen LogP contribution < -0.4 is 11.1 Å². The van der Waals surface area contributed by atoms with Crippen molar-refractivity contribution in [2.24, 2.45) is 0 Å². The lowest BCUT2D eigenvalue weighted by Gasteiger charge is -2.06. The summed E-state index contributed by atoms with van der Waals surface area (Å²) < 4.78 is 10.7. The highest BCUT2D eigenvalue weighted by Gasteiger charge is 2.17. The van der Waals surface area contributed by atoms with E-state index in [1.54, 1.807) is 18.2 Å². The van der Waals surface area contributed by atoms with Gasteiger partial charge in [-0.15, -0.1) is 0 Å². The van der Waals surface area contributed by atoms with Gasteiger partial charge in [0.15, 0.2) is 5.76 Å². The van der Waals surface area contributed by atoms with Crippen LogP contribution >= 0.6 is 11.6 Å². The van der Waals surface area contributed by atoms with Crippen molar-refractivity contribution in [3.8, 4) is 23.3 Å². The van der Waals surface area contributed by atoms with E-state index < -0.39 is 0 Å². The molecule has 27 heavy (non-hydrogen) atoms. The minimum Gasteiger partial charge on any atom is -0.456 e. The fourth-order valence-corrected chi connectivity index (χ4v) is 2.58. The molecular formula is C17H14ClN7O2. The van der Waals surface area contributed by atoms with E-state index in [0.29, 0.717) is 17.3 Å². The van der Waals surface area contributed by atoms with Gasteiger partial charge in [0.1, 0.15) is 5.76 Å². The number of nitrogens with zero attached hydrogens (tertiary/aromatic N) is 5. The highest BCUT2D eigenvalue weighted by atomic mass is 35.5. The highest BCUT2D eigenvalue weighted by molar-refractivity contribution is 6.30. The molecule has 0 amide bonds. The summed E-state index contributed by atoms with van der Waals surface area (Å²) in [4.78, 5) is 16.7. The van der Waals surface area contributed by atoms with E-state index in [0.717, 1.165) is 11.3 Å². The maximum Gasteiger partial charge on any atom is 0.294 e. The number of nitrogen functional groups attached to an aromatic ring is 1. The topological polar surface area (TPSA) is 129 Å². The number of hydrogen-bond acceptors (Lipinski definition) is 9. The number of nitrogens with one attached hydrogen (secondary N) is 1. The molecule has 0 saturated heterocycles. The minimum absolute atomic E-state index is 0.0359. The lowest BCUT2D eigenvalue weighted by molar-refractivity contribution is 0.413. The number of hydrogen-bond donors (Lipinski definition) is 2. The van der Waals surface area contributed by atoms with Gasteiger partial charge in [0.25, 0.3) is 5.89 Å². The summed E-state index contributed by atoms with van der Waals surface area (Å²) in [6, 6.07) is 11.0. The zero-order valence-electron chi connectivity index (χ0n) is 14.2. The van der Waals surface area contributed by atoms with Crippen molar-refractivity contribution in [2.75, 3.05) is 11.1 Å². The van der Waals surface area contributed by atoms with E-state index in [1.165, 1.54) is 0 Å². The summed E-state index contributed by atoms with van der Waals surface area (Å²) in [6.45, 7) is 2.29. The maximum absolute atomic E-state index is 5.99. The van der Waals surface area contributed by atoms with E-state index >= 15 is 0 Å². The zero-order valence-corrected chi connectivity index (χ0v) is 14.9. The average Bonchev–Trinajstić information content (AvgIpc) is 3.29. The van der Waals surface area contributed by atoms with Crippen molar-refractivity contribution in [1.82, 2.24) is 25.1 Å². The summed E-state index contributed by atoms with van der Waals surface area (Å²) >= 11 is 5.99. The van der Waals surface area contributed by atoms with Gasteiger partial charge >= 0.3 is 0 Å². The first-order valence-corrected chi connectivity index (χ1v) is 8.35. The third-order valence-electron chi connectivity index (χ3n) is 3.57. The zero-order chi connectivity index (χ0) is 18.8. The van der Waals surface area contributed by atoms with Crippen LogP contribution in [0.3, 0.4) is 0 Å². The number of furan rings is 1. The highest BCUT2D eigenvalue weighted by Crippen LogP contribution is 2.23. The summed E-state index contributed by atoms with van der Waals surface area (Å²) in [7, 11) is 0. The van der Waals surface area contributed by atoms with Gasteiger partial charge in [-0.1, -0.05) is 28.9 Å². The molecule has 0 bridgehead atoms. The summed E-state index contributed by atoms with van der Waals surface area (Å²) in [6.07, 6.45) is 0. The number of benzene rings is 1. The molecule has 1 aromatic carbocycles. The lowest BCUT2D eigenvalue weighted by Crippen LogP contribution is -2.08. The lowest BCUT2D eigenvalue weighted by atomic mass is 10.2. The Hall–Kier alpha value is -3.46. The quantitative estimate of drug-likeness (QED) is 0.532. The molecule has 3 heterocycles. The van der Waals surface area contributed by atoms with Gasteiger partial charge < -0.3 is 20.0 Å². The standard InChI is InChI=1S/C17H14ClN7O2/c1-9-5-6-12(26-9)15-21-14(25-27-15)13-22-16(19)24-17(23-13)20-8-10-3-2-4-11(18)7-10/h2-7H,8H2,1H3,(H3,19,20,22,23,24). The van der Waals surface area contributed by atoms with E-state index in [2.05, 4.69) is 30.4 Å². The Labute approximate surface area is 158 Å². The first kappa shape index (κ1) is 17.0. The molecule has 0 spiro atoms. The van der Waals surface area contributed by atoms with Crippen molar-refractivity contribution in [3.05, 3.63) is 52.7 Å². The van der Waals surface area contributed by atoms with Gasteiger partial charge in [0.05, 0.1) is 0 Å². The maximum atomic E-state index is 5.99. The summed E-state index contributed by atoms with van der Waals surface area (Å²) in [5, 5.41) is 7.61. The predicted octanol–water partition coefficient (Wildman–Crippen LogP) is 3.34. The molecule has 0 aliphatic carbocycles. The fourth-order valence-electron chi connectivity index (χ4n) is 2.36. The SMILES string of the molecule is Cc1ccc(-c2nc(-c3nc(N)nc(NCc4cccc(Cl)c4)n3)no2)o1. The second kappa shape index (κ2) is 7.04. The van der Waals surface area contributed by atoms with Crippen molar-refractivity contribution in [3.63, 3.8) is 0 Å². The van der Waals surface area contributed by atoms with Crippen LogP contribution in [0.2, 0.25) is 5.02 Å². The third-order valence-corrected chi connectivity index (χ3v) is 3.80. The Morgan fingerprint density at radius 2 is 1.96 bits per heavy atom. The second-order valence-electron chi connectivity index (χ2n) is 5.66. The Bertz CT molecular complexity index is 1090. The van der Waals surface area contributed by atoms with E-state index in [9.17, 15) is 0 Å². The Kier molecular flexibility index (Phi) is 4.43. The van der Waals surface area contributed by atoms with Crippen molar-refractivity contribution in [1.29, 1.82) is 0 Å². The molecule has 136 valence electrons. The van der Waals surface area contributed by atoms with Gasteiger partial charge in [-0.2, -0.15) is 19.9 Å². The monoisotopic (exact) mass is 383 g/mol. The molecule has 3 N–H and O–H groups in total. The molecule has 0 fully saturated rings. The van der Waals surface area contributed by atoms with Crippen LogP contribution in [-0.2, 0) is 6.54 Å². The van der Waals surface area contributed by atoms with Crippen LogP contribution in [0.15, 0.2) is 45.3 Å². The van der Waals surface area contributed by atoms with Crippen LogP contribution in [-0.4, -0.2) is 25.1 Å². The first-order valence-electron chi connectivity index (χ1n) is 7.97. The molecule has 0 aliphatic rings. The number of anilines is 2. The average molecular weight is 384 g/mol. The molecule has 10 heteroatoms. The first-order chi connectivity index (χ1) is 13.1. The van der Waals surface area contributed by atoms with Crippen LogP contribution in [0.5, 0.6) is 0 Å². The minimum atomic E-state index is 0.0359. The molecule has 4 rings (SSSR count). The van der Waals surface area contributed by atoms with Crippen LogP contribution in [0, 0.1) is 6.92 Å². The van der Waals surface area contributed by atoms with Gasteiger partial charge in [-0.25, -0.2) is 0 Å². The van der Waals surface area contributed by atoms with Crippen molar-refractivity contribution < 1.29 is 8.94 Å². The Morgan fingerprint density at radius 1 is 1.07 bits per heavy atom. The second-order valence-corrected chi connectivity index (χ2v) is 6.09. The molecule has 0 radical (unpaired) electrons. The summed E-state index contributed by atoms with van der Waals surface area (Å²) in [5.41, 5.74) is 6.75. The van der Waals surface area contributed by atoms with Crippen LogP contribution in [0.1, 0.15) is 11.3 Å². The number of halogens is 1. The predicted molar refractivity (Wildman–Crippen MR) is 98.7 cm³/mol. The molecule has 0 aliphatic heterocycles. The van der Waals surface area contributed by atoms with Gasteiger partial charge in [0.2, 0.25) is 23.5 Å². The Morgan fingerprint density at radius 3 is 2.74 bits per heavy atom. The van der Waals surface area contributed by atoms with Crippen molar-refractivity contribution >= 4 is 23.5 Å². The van der Waals surface area contributed by atoms with E-state index in [1.807, 2.05) is 25.1 Å². The van der Waals surface area contributed by atoms with Gasteiger partial charge in [-0.3, -0.25) is 0 Å². The molecule has 3 aromatic heterocycles. The van der Waals surface area contributed by atoms with Crippen molar-refractivity contribution in [2.45, 2.75) is 13.5 Å².